The summed E-state index contributed by atoms with van der Waals surface area (Å²) in [5, 5.41) is 0. The average molecular weight is 288 g/mol. The number of carbonyl (C=O) groups excluding carboxylic acids is 1. The number of carbonyl (C=O) groups is 1. The molecule has 1 aliphatic rings. The maximum Gasteiger partial charge on any atom is 0.433 e. The lowest BCUT2D eigenvalue weighted by molar-refractivity contribution is -0.141. The molecule has 1 aromatic rings. The Morgan fingerprint density at radius 2 is 1.95 bits per heavy atom. The predicted octanol–water partition coefficient (Wildman–Crippen LogP) is 1.38. The second kappa shape index (κ2) is 5.18. The van der Waals surface area contributed by atoms with Crippen LogP contribution < -0.4 is 16.4 Å². The molecule has 2 heterocycles. The average Bonchev–Trinajstić information content (AvgIpc) is 2.38. The van der Waals surface area contributed by atoms with E-state index >= 15 is 0 Å². The van der Waals surface area contributed by atoms with Crippen LogP contribution in [0.5, 0.6) is 0 Å². The van der Waals surface area contributed by atoms with Crippen molar-refractivity contribution in [2.75, 3.05) is 23.7 Å². The smallest absolute Gasteiger partial charge is 0.396 e. The summed E-state index contributed by atoms with van der Waals surface area (Å²) in [6.07, 6.45) is -2.47. The first-order valence-corrected chi connectivity index (χ1v) is 6.16. The third-order valence-electron chi connectivity index (χ3n) is 3.44. The minimum Gasteiger partial charge on any atom is -0.396 e. The summed E-state index contributed by atoms with van der Waals surface area (Å²) in [4.78, 5) is 16.1. The summed E-state index contributed by atoms with van der Waals surface area (Å²) in [6, 6.07) is 0.944. The molecule has 20 heavy (non-hydrogen) atoms. The molecule has 1 amide bonds. The number of hydrogen-bond donors (Lipinski definition) is 2. The zero-order chi connectivity index (χ0) is 14.9. The Bertz CT molecular complexity index is 510. The number of amides is 1. The van der Waals surface area contributed by atoms with E-state index in [1.54, 1.807) is 4.90 Å². The third-order valence-corrected chi connectivity index (χ3v) is 3.44. The molecule has 0 spiro atoms. The van der Waals surface area contributed by atoms with Gasteiger partial charge in [-0.15, -0.1) is 0 Å². The number of alkyl halides is 3. The number of nitrogens with two attached hydrogens (primary N) is 2. The van der Waals surface area contributed by atoms with Gasteiger partial charge in [0.05, 0.1) is 17.6 Å². The molecule has 1 fully saturated rings. The number of hydrogen-bond acceptors (Lipinski definition) is 4. The lowest BCUT2D eigenvalue weighted by Crippen LogP contribution is -2.39. The Labute approximate surface area is 113 Å². The highest BCUT2D eigenvalue weighted by Gasteiger charge is 2.34. The molecule has 0 unspecified atom stereocenters. The van der Waals surface area contributed by atoms with E-state index in [-0.39, 0.29) is 17.5 Å². The van der Waals surface area contributed by atoms with Gasteiger partial charge in [0.15, 0.2) is 0 Å². The zero-order valence-electron chi connectivity index (χ0n) is 10.7. The van der Waals surface area contributed by atoms with Gasteiger partial charge in [-0.05, 0) is 18.9 Å². The first kappa shape index (κ1) is 14.4. The minimum atomic E-state index is -4.51. The molecule has 2 rings (SSSR count). The van der Waals surface area contributed by atoms with Gasteiger partial charge >= 0.3 is 6.18 Å². The van der Waals surface area contributed by atoms with Crippen LogP contribution in [0.4, 0.5) is 24.5 Å². The summed E-state index contributed by atoms with van der Waals surface area (Å²) in [5.74, 6) is -0.597. The van der Waals surface area contributed by atoms with Gasteiger partial charge in [0.25, 0.3) is 0 Å². The van der Waals surface area contributed by atoms with Crippen molar-refractivity contribution in [2.45, 2.75) is 19.0 Å². The fourth-order valence-corrected chi connectivity index (χ4v) is 2.29. The van der Waals surface area contributed by atoms with Crippen LogP contribution in [0.1, 0.15) is 18.5 Å². The second-order valence-electron chi connectivity index (χ2n) is 4.79. The van der Waals surface area contributed by atoms with Gasteiger partial charge in [0.2, 0.25) is 5.91 Å². The van der Waals surface area contributed by atoms with Gasteiger partial charge in [-0.3, -0.25) is 4.79 Å². The summed E-state index contributed by atoms with van der Waals surface area (Å²) in [7, 11) is 0. The first-order valence-electron chi connectivity index (χ1n) is 6.16. The Morgan fingerprint density at radius 3 is 2.45 bits per heavy atom. The van der Waals surface area contributed by atoms with E-state index in [0.29, 0.717) is 31.6 Å². The van der Waals surface area contributed by atoms with Crippen molar-refractivity contribution in [2.24, 2.45) is 11.7 Å². The number of anilines is 2. The number of aromatic nitrogens is 1. The lowest BCUT2D eigenvalue weighted by atomic mass is 9.96. The molecule has 5 nitrogen and oxygen atoms in total. The standard InChI is InChI=1S/C12H15F3N4O/c13-12(14,15)10-5-9(8(16)6-18-10)19-3-1-7(2-4-19)11(17)20/h5-7H,1-4,16H2,(H2,17,20). The molecule has 0 atom stereocenters. The zero-order valence-corrected chi connectivity index (χ0v) is 10.7. The van der Waals surface area contributed by atoms with E-state index in [4.69, 9.17) is 11.5 Å². The number of nitrogen functional groups attached to an aromatic ring is 1. The van der Waals surface area contributed by atoms with Crippen molar-refractivity contribution < 1.29 is 18.0 Å². The molecule has 110 valence electrons. The molecule has 0 radical (unpaired) electrons. The molecular formula is C12H15F3N4O. The van der Waals surface area contributed by atoms with Crippen LogP contribution in [-0.2, 0) is 11.0 Å². The van der Waals surface area contributed by atoms with Crippen molar-refractivity contribution in [1.82, 2.24) is 4.98 Å². The number of piperidine rings is 1. The maximum absolute atomic E-state index is 12.7. The summed E-state index contributed by atoms with van der Waals surface area (Å²) >= 11 is 0. The normalized spacial score (nSPS) is 17.2. The van der Waals surface area contributed by atoms with Gasteiger partial charge in [-0.2, -0.15) is 13.2 Å². The summed E-state index contributed by atoms with van der Waals surface area (Å²) in [6.45, 7) is 0.887. The van der Waals surface area contributed by atoms with Gasteiger partial charge in [-0.25, -0.2) is 4.98 Å². The van der Waals surface area contributed by atoms with Crippen LogP contribution in [-0.4, -0.2) is 24.0 Å². The molecule has 0 aliphatic carbocycles. The van der Waals surface area contributed by atoms with Crippen LogP contribution in [0.3, 0.4) is 0 Å². The number of primary amides is 1. The fourth-order valence-electron chi connectivity index (χ4n) is 2.29. The molecule has 0 aromatic carbocycles. The van der Waals surface area contributed by atoms with Crippen molar-refractivity contribution >= 4 is 17.3 Å². The topological polar surface area (TPSA) is 85.2 Å². The van der Waals surface area contributed by atoms with Crippen molar-refractivity contribution in [3.05, 3.63) is 18.0 Å². The maximum atomic E-state index is 12.7. The van der Waals surface area contributed by atoms with Gasteiger partial charge in [0.1, 0.15) is 5.69 Å². The molecule has 1 aliphatic heterocycles. The number of halogens is 3. The highest BCUT2D eigenvalue weighted by atomic mass is 19.4. The molecule has 8 heteroatoms. The van der Waals surface area contributed by atoms with E-state index in [1.807, 2.05) is 0 Å². The number of rotatable bonds is 2. The number of pyridine rings is 1. The van der Waals surface area contributed by atoms with E-state index in [9.17, 15) is 18.0 Å². The molecule has 4 N–H and O–H groups in total. The largest absolute Gasteiger partial charge is 0.433 e. The third kappa shape index (κ3) is 2.94. The van der Waals surface area contributed by atoms with Crippen LogP contribution in [0.2, 0.25) is 0 Å². The highest BCUT2D eigenvalue weighted by Crippen LogP contribution is 2.34. The first-order chi connectivity index (χ1) is 9.29. The van der Waals surface area contributed by atoms with Crippen LogP contribution in [0.15, 0.2) is 12.3 Å². The van der Waals surface area contributed by atoms with Crippen LogP contribution in [0.25, 0.3) is 0 Å². The minimum absolute atomic E-state index is 0.190. The summed E-state index contributed by atoms with van der Waals surface area (Å²) in [5.41, 5.74) is 10.4. The highest BCUT2D eigenvalue weighted by molar-refractivity contribution is 5.77. The fraction of sp³-hybridized carbons (Fsp3) is 0.500. The quantitative estimate of drug-likeness (QED) is 0.861. The Hall–Kier alpha value is -1.99. The van der Waals surface area contributed by atoms with Gasteiger partial charge < -0.3 is 16.4 Å². The van der Waals surface area contributed by atoms with Gasteiger partial charge in [0, 0.05) is 19.0 Å². The Morgan fingerprint density at radius 1 is 1.35 bits per heavy atom. The number of nitrogens with zero attached hydrogens (tertiary/aromatic N) is 2. The van der Waals surface area contributed by atoms with Gasteiger partial charge in [-0.1, -0.05) is 0 Å². The van der Waals surface area contributed by atoms with E-state index in [1.165, 1.54) is 0 Å². The molecule has 0 saturated carbocycles. The van der Waals surface area contributed by atoms with Crippen molar-refractivity contribution in [1.29, 1.82) is 0 Å². The van der Waals surface area contributed by atoms with Crippen molar-refractivity contribution in [3.8, 4) is 0 Å². The molecule has 0 bridgehead atoms. The van der Waals surface area contributed by atoms with E-state index in [2.05, 4.69) is 4.98 Å². The Kier molecular flexibility index (Phi) is 3.74. The van der Waals surface area contributed by atoms with E-state index in [0.717, 1.165) is 12.3 Å². The van der Waals surface area contributed by atoms with E-state index < -0.39 is 11.9 Å². The molecule has 1 aromatic heterocycles. The van der Waals surface area contributed by atoms with Crippen LogP contribution >= 0.6 is 0 Å². The van der Waals surface area contributed by atoms with Crippen LogP contribution in [0, 0.1) is 5.92 Å². The summed E-state index contributed by atoms with van der Waals surface area (Å²) < 4.78 is 38.0. The van der Waals surface area contributed by atoms with Crippen molar-refractivity contribution in [3.63, 3.8) is 0 Å². The lowest BCUT2D eigenvalue weighted by Gasteiger charge is -2.33. The monoisotopic (exact) mass is 288 g/mol. The SMILES string of the molecule is NC(=O)C1CCN(c2cc(C(F)(F)F)ncc2N)CC1. The second-order valence-corrected chi connectivity index (χ2v) is 4.79. The molecular weight excluding hydrogens is 273 g/mol. The predicted molar refractivity (Wildman–Crippen MR) is 67.8 cm³/mol. The Balaban J connectivity index is 2.19. The molecule has 1 saturated heterocycles.